The molecule has 2 aliphatic carbocycles. The van der Waals surface area contributed by atoms with Gasteiger partial charge in [0, 0.05) is 42.7 Å². The molecule has 0 atom stereocenters. The highest BCUT2D eigenvalue weighted by Gasteiger charge is 2.41. The maximum absolute atomic E-state index is 13.0. The number of ether oxygens (including phenoxy) is 3. The van der Waals surface area contributed by atoms with E-state index in [1.54, 1.807) is 0 Å². The summed E-state index contributed by atoms with van der Waals surface area (Å²) in [6.45, 7) is 4.90. The molecular weight excluding hydrogens is 428 g/mol. The highest BCUT2D eigenvalue weighted by Crippen LogP contribution is 2.48. The van der Waals surface area contributed by atoms with Crippen molar-refractivity contribution in [2.45, 2.75) is 64.9 Å². The lowest BCUT2D eigenvalue weighted by molar-refractivity contribution is -0.117. The van der Waals surface area contributed by atoms with E-state index in [4.69, 9.17) is 14.2 Å². The Labute approximate surface area is 200 Å². The summed E-state index contributed by atoms with van der Waals surface area (Å²) in [5.74, 6) is 2.51. The van der Waals surface area contributed by atoms with Crippen LogP contribution in [0.4, 0.5) is 0 Å². The number of benzene rings is 2. The van der Waals surface area contributed by atoms with Gasteiger partial charge in [0.2, 0.25) is 0 Å². The molecule has 0 unspecified atom stereocenters. The molecule has 0 N–H and O–H groups in total. The third kappa shape index (κ3) is 4.27. The smallest absolute Gasteiger partial charge is 0.163 e. The molecule has 0 spiro atoms. The molecule has 0 saturated heterocycles. The molecule has 0 fully saturated rings. The molecule has 0 saturated carbocycles. The van der Waals surface area contributed by atoms with Gasteiger partial charge >= 0.3 is 0 Å². The molecule has 5 heteroatoms. The van der Waals surface area contributed by atoms with Crippen molar-refractivity contribution in [2.24, 2.45) is 0 Å². The molecule has 3 aliphatic rings. The number of carbonyl (C=O) groups is 2. The van der Waals surface area contributed by atoms with Crippen LogP contribution >= 0.6 is 0 Å². The average Bonchev–Trinajstić information content (AvgIpc) is 2.83. The largest absolute Gasteiger partial charge is 0.490 e. The van der Waals surface area contributed by atoms with Crippen molar-refractivity contribution in [1.82, 2.24) is 0 Å². The number of allylic oxidation sites excluding steroid dienone is 4. The van der Waals surface area contributed by atoms with Crippen molar-refractivity contribution < 1.29 is 23.8 Å². The normalized spacial score (nSPS) is 18.4. The van der Waals surface area contributed by atoms with Crippen LogP contribution < -0.4 is 9.47 Å². The Morgan fingerprint density at radius 3 is 2.09 bits per heavy atom. The van der Waals surface area contributed by atoms with E-state index in [2.05, 4.69) is 31.2 Å². The molecular formula is C29H30O5. The van der Waals surface area contributed by atoms with E-state index in [-0.39, 0.29) is 11.6 Å². The van der Waals surface area contributed by atoms with Gasteiger partial charge in [0.15, 0.2) is 23.1 Å². The van der Waals surface area contributed by atoms with Crippen LogP contribution in [0.5, 0.6) is 11.5 Å². The van der Waals surface area contributed by atoms with Crippen molar-refractivity contribution in [3.8, 4) is 11.5 Å². The maximum atomic E-state index is 13.0. The van der Waals surface area contributed by atoms with Gasteiger partial charge in [0.1, 0.15) is 18.1 Å². The number of ketones is 2. The lowest BCUT2D eigenvalue weighted by Gasteiger charge is -2.36. The van der Waals surface area contributed by atoms with Crippen LogP contribution in [0.15, 0.2) is 65.1 Å². The van der Waals surface area contributed by atoms with Crippen LogP contribution in [0.1, 0.15) is 68.1 Å². The van der Waals surface area contributed by atoms with Crippen LogP contribution in [0, 0.1) is 6.92 Å². The average molecular weight is 459 g/mol. The predicted molar refractivity (Wildman–Crippen MR) is 129 cm³/mol. The Morgan fingerprint density at radius 2 is 1.47 bits per heavy atom. The zero-order chi connectivity index (χ0) is 23.7. The topological polar surface area (TPSA) is 61.8 Å². The van der Waals surface area contributed by atoms with Gasteiger partial charge in [-0.3, -0.25) is 9.59 Å². The quantitative estimate of drug-likeness (QED) is 0.523. The summed E-state index contributed by atoms with van der Waals surface area (Å²) >= 11 is 0. The fraction of sp³-hybridized carbons (Fsp3) is 0.379. The number of aryl methyl sites for hydroxylation is 1. The molecule has 0 bridgehead atoms. The molecule has 0 radical (unpaired) electrons. The molecule has 176 valence electrons. The second kappa shape index (κ2) is 9.49. The SMILES string of the molecule is CCOc1cc(C2C3=C(CCCC3=O)OC3=C2C(=O)CCC3)ccc1OCc1ccc(C)cc1. The minimum Gasteiger partial charge on any atom is -0.490 e. The number of hydrogen-bond donors (Lipinski definition) is 0. The Balaban J connectivity index is 1.52. The summed E-state index contributed by atoms with van der Waals surface area (Å²) in [6.07, 6.45) is 4.03. The summed E-state index contributed by atoms with van der Waals surface area (Å²) in [5.41, 5.74) is 4.45. The Kier molecular flexibility index (Phi) is 6.27. The van der Waals surface area contributed by atoms with Crippen LogP contribution in [-0.4, -0.2) is 18.2 Å². The summed E-state index contributed by atoms with van der Waals surface area (Å²) in [6, 6.07) is 14.0. The van der Waals surface area contributed by atoms with Gasteiger partial charge in [-0.15, -0.1) is 0 Å². The predicted octanol–water partition coefficient (Wildman–Crippen LogP) is 6.10. The first-order chi connectivity index (χ1) is 16.5. The van der Waals surface area contributed by atoms with Crippen molar-refractivity contribution in [3.63, 3.8) is 0 Å². The number of rotatable bonds is 6. The van der Waals surface area contributed by atoms with Crippen molar-refractivity contribution in [2.75, 3.05) is 6.61 Å². The molecule has 0 aromatic heterocycles. The first-order valence-electron chi connectivity index (χ1n) is 12.2. The Bertz CT molecular complexity index is 1140. The summed E-state index contributed by atoms with van der Waals surface area (Å²) in [4.78, 5) is 26.1. The first-order valence-corrected chi connectivity index (χ1v) is 12.2. The van der Waals surface area contributed by atoms with Crippen LogP contribution in [0.25, 0.3) is 0 Å². The van der Waals surface area contributed by atoms with E-state index in [9.17, 15) is 9.59 Å². The fourth-order valence-electron chi connectivity index (χ4n) is 5.09. The van der Waals surface area contributed by atoms with E-state index >= 15 is 0 Å². The van der Waals surface area contributed by atoms with Gasteiger partial charge in [0.25, 0.3) is 0 Å². The molecule has 1 heterocycles. The number of hydrogen-bond acceptors (Lipinski definition) is 5. The number of Topliss-reactive ketones (excluding diaryl/α,β-unsaturated/α-hetero) is 2. The minimum atomic E-state index is -0.398. The van der Waals surface area contributed by atoms with Crippen molar-refractivity contribution >= 4 is 11.6 Å². The zero-order valence-electron chi connectivity index (χ0n) is 19.8. The lowest BCUT2D eigenvalue weighted by atomic mass is 9.73. The molecule has 5 nitrogen and oxygen atoms in total. The van der Waals surface area contributed by atoms with Crippen LogP contribution in [0.3, 0.4) is 0 Å². The van der Waals surface area contributed by atoms with Gasteiger partial charge in [-0.1, -0.05) is 35.9 Å². The highest BCUT2D eigenvalue weighted by molar-refractivity contribution is 6.05. The Morgan fingerprint density at radius 1 is 0.824 bits per heavy atom. The monoisotopic (exact) mass is 458 g/mol. The first kappa shape index (κ1) is 22.5. The summed E-state index contributed by atoms with van der Waals surface area (Å²) in [7, 11) is 0. The number of carbonyl (C=O) groups excluding carboxylic acids is 2. The third-order valence-electron chi connectivity index (χ3n) is 6.76. The molecule has 5 rings (SSSR count). The van der Waals surface area contributed by atoms with Crippen molar-refractivity contribution in [1.29, 1.82) is 0 Å². The second-order valence-electron chi connectivity index (χ2n) is 9.18. The Hall–Kier alpha value is -3.34. The molecule has 2 aromatic carbocycles. The highest BCUT2D eigenvalue weighted by atomic mass is 16.5. The van der Waals surface area contributed by atoms with Gasteiger partial charge in [-0.2, -0.15) is 0 Å². The second-order valence-corrected chi connectivity index (χ2v) is 9.18. The van der Waals surface area contributed by atoms with Crippen LogP contribution in [-0.2, 0) is 20.9 Å². The molecule has 34 heavy (non-hydrogen) atoms. The van der Waals surface area contributed by atoms with E-state index in [1.165, 1.54) is 5.56 Å². The standard InChI is InChI=1S/C29H30O5/c1-3-32-26-16-20(14-15-23(26)33-17-19-12-10-18(2)11-13-19)27-28-21(30)6-4-8-24(28)34-25-9-5-7-22(31)29(25)27/h10-16,27H,3-9,17H2,1-2H3. The fourth-order valence-corrected chi connectivity index (χ4v) is 5.09. The summed E-state index contributed by atoms with van der Waals surface area (Å²) < 4.78 is 18.2. The minimum absolute atomic E-state index is 0.0776. The molecule has 0 amide bonds. The van der Waals surface area contributed by atoms with Gasteiger partial charge in [-0.25, -0.2) is 0 Å². The third-order valence-corrected chi connectivity index (χ3v) is 6.76. The van der Waals surface area contributed by atoms with Gasteiger partial charge < -0.3 is 14.2 Å². The zero-order valence-corrected chi connectivity index (χ0v) is 19.8. The van der Waals surface area contributed by atoms with E-state index in [0.29, 0.717) is 48.7 Å². The van der Waals surface area contributed by atoms with Gasteiger partial charge in [0.05, 0.1) is 6.61 Å². The van der Waals surface area contributed by atoms with E-state index in [0.717, 1.165) is 48.3 Å². The molecule has 1 aliphatic heterocycles. The van der Waals surface area contributed by atoms with Gasteiger partial charge in [-0.05, 0) is 49.9 Å². The van der Waals surface area contributed by atoms with E-state index < -0.39 is 5.92 Å². The van der Waals surface area contributed by atoms with Crippen LogP contribution in [0.2, 0.25) is 0 Å². The summed E-state index contributed by atoms with van der Waals surface area (Å²) in [5, 5.41) is 0. The van der Waals surface area contributed by atoms with E-state index in [1.807, 2.05) is 25.1 Å². The molecule has 2 aromatic rings. The maximum Gasteiger partial charge on any atom is 0.163 e. The van der Waals surface area contributed by atoms with Crippen molar-refractivity contribution in [3.05, 3.63) is 81.8 Å². The lowest BCUT2D eigenvalue weighted by Crippen LogP contribution is -2.30.